The largest absolute Gasteiger partial charge is 0.491 e. The molecule has 1 saturated heterocycles. The van der Waals surface area contributed by atoms with Gasteiger partial charge in [-0.3, -0.25) is 0 Å². The molecule has 1 N–H and O–H groups in total. The Balaban J connectivity index is 2.12. The lowest BCUT2D eigenvalue weighted by Crippen LogP contribution is -2.43. The summed E-state index contributed by atoms with van der Waals surface area (Å²) in [5.74, 6) is 0.998. The van der Waals surface area contributed by atoms with E-state index in [9.17, 15) is 0 Å². The first-order valence-corrected chi connectivity index (χ1v) is 6.75. The van der Waals surface area contributed by atoms with Crippen LogP contribution in [-0.4, -0.2) is 37.7 Å². The fourth-order valence-corrected chi connectivity index (χ4v) is 2.40. The summed E-state index contributed by atoms with van der Waals surface area (Å²) in [6, 6.07) is 6.97. The predicted molar refractivity (Wildman–Crippen MR) is 75.2 cm³/mol. The van der Waals surface area contributed by atoms with Gasteiger partial charge in [-0.25, -0.2) is 0 Å². The van der Waals surface area contributed by atoms with Gasteiger partial charge in [0, 0.05) is 25.7 Å². The number of piperazine rings is 1. The number of likely N-dealkylation sites (N-methyl/N-ethyl adjacent to an activating group) is 1. The highest BCUT2D eigenvalue weighted by atomic mass is 16.5. The van der Waals surface area contributed by atoms with Crippen LogP contribution in [0.5, 0.6) is 5.75 Å². The van der Waals surface area contributed by atoms with E-state index < -0.39 is 0 Å². The molecule has 0 bridgehead atoms. The summed E-state index contributed by atoms with van der Waals surface area (Å²) in [6.45, 7) is 9.50. The highest BCUT2D eigenvalue weighted by Crippen LogP contribution is 2.25. The fraction of sp³-hybridized carbons (Fsp3) is 0.600. The maximum atomic E-state index is 5.78. The van der Waals surface area contributed by atoms with Crippen LogP contribution in [0.25, 0.3) is 0 Å². The highest BCUT2D eigenvalue weighted by Gasteiger charge is 2.18. The zero-order valence-corrected chi connectivity index (χ0v) is 11.9. The number of nitrogens with zero attached hydrogens (tertiary/aromatic N) is 1. The quantitative estimate of drug-likeness (QED) is 0.888. The van der Waals surface area contributed by atoms with E-state index in [1.165, 1.54) is 11.1 Å². The minimum absolute atomic E-state index is 0.230. The van der Waals surface area contributed by atoms with E-state index in [-0.39, 0.29) is 6.10 Å². The van der Waals surface area contributed by atoms with Crippen molar-refractivity contribution in [1.82, 2.24) is 10.2 Å². The average Bonchev–Trinajstić information content (AvgIpc) is 2.31. The van der Waals surface area contributed by atoms with E-state index in [1.807, 2.05) is 0 Å². The minimum atomic E-state index is 0.230. The lowest BCUT2D eigenvalue weighted by Gasteiger charge is -2.31. The molecule has 3 heteroatoms. The Labute approximate surface area is 110 Å². The molecule has 1 heterocycles. The van der Waals surface area contributed by atoms with Gasteiger partial charge in [-0.1, -0.05) is 12.1 Å². The molecule has 3 nitrogen and oxygen atoms in total. The lowest BCUT2D eigenvalue weighted by atomic mass is 10.0. The number of benzene rings is 1. The molecule has 1 aromatic rings. The molecular formula is C15H24N2O. The van der Waals surface area contributed by atoms with Gasteiger partial charge in [0.05, 0.1) is 6.10 Å². The van der Waals surface area contributed by atoms with Crippen molar-refractivity contribution in [1.29, 1.82) is 0 Å². The monoisotopic (exact) mass is 248 g/mol. The van der Waals surface area contributed by atoms with Crippen molar-refractivity contribution in [3.8, 4) is 5.75 Å². The summed E-state index contributed by atoms with van der Waals surface area (Å²) >= 11 is 0. The number of aryl methyl sites for hydroxylation is 1. The van der Waals surface area contributed by atoms with Crippen molar-refractivity contribution in [2.45, 2.75) is 32.9 Å². The summed E-state index contributed by atoms with van der Waals surface area (Å²) in [6.07, 6.45) is 0.230. The van der Waals surface area contributed by atoms with Crippen LogP contribution in [0, 0.1) is 6.92 Å². The number of hydrogen-bond acceptors (Lipinski definition) is 3. The van der Waals surface area contributed by atoms with Crippen LogP contribution in [0.4, 0.5) is 0 Å². The second-order valence-corrected chi connectivity index (χ2v) is 5.46. The Kier molecular flexibility index (Phi) is 4.25. The topological polar surface area (TPSA) is 24.5 Å². The first kappa shape index (κ1) is 13.4. The maximum Gasteiger partial charge on any atom is 0.122 e. The van der Waals surface area contributed by atoms with Crippen LogP contribution in [0.1, 0.15) is 31.0 Å². The van der Waals surface area contributed by atoms with Crippen LogP contribution >= 0.6 is 0 Å². The molecule has 1 aliphatic heterocycles. The SMILES string of the molecule is Cc1cc(C2CN(C)CCN2)ccc1OC(C)C. The van der Waals surface area contributed by atoms with Crippen molar-refractivity contribution in [2.24, 2.45) is 0 Å². The normalized spacial score (nSPS) is 21.3. The Morgan fingerprint density at radius 1 is 1.39 bits per heavy atom. The number of hydrogen-bond donors (Lipinski definition) is 1. The van der Waals surface area contributed by atoms with Crippen molar-refractivity contribution in [3.63, 3.8) is 0 Å². The summed E-state index contributed by atoms with van der Waals surface area (Å²) in [5.41, 5.74) is 2.58. The molecule has 1 aliphatic rings. The molecule has 0 aliphatic carbocycles. The van der Waals surface area contributed by atoms with Gasteiger partial charge >= 0.3 is 0 Å². The Bertz CT molecular complexity index is 403. The van der Waals surface area contributed by atoms with Crippen LogP contribution in [0.3, 0.4) is 0 Å². The molecular weight excluding hydrogens is 224 g/mol. The van der Waals surface area contributed by atoms with Crippen molar-refractivity contribution in [2.75, 3.05) is 26.7 Å². The summed E-state index contributed by atoms with van der Waals surface area (Å²) in [7, 11) is 2.18. The van der Waals surface area contributed by atoms with E-state index in [1.54, 1.807) is 0 Å². The molecule has 18 heavy (non-hydrogen) atoms. The smallest absolute Gasteiger partial charge is 0.122 e. The number of ether oxygens (including phenoxy) is 1. The van der Waals surface area contributed by atoms with Crippen LogP contribution in [0.2, 0.25) is 0 Å². The molecule has 1 unspecified atom stereocenters. The van der Waals surface area contributed by atoms with E-state index >= 15 is 0 Å². The number of nitrogens with one attached hydrogen (secondary N) is 1. The third kappa shape index (κ3) is 3.24. The maximum absolute atomic E-state index is 5.78. The van der Waals surface area contributed by atoms with E-state index in [0.29, 0.717) is 6.04 Å². The Morgan fingerprint density at radius 2 is 2.17 bits per heavy atom. The van der Waals surface area contributed by atoms with Crippen molar-refractivity contribution in [3.05, 3.63) is 29.3 Å². The van der Waals surface area contributed by atoms with Gasteiger partial charge in [0.25, 0.3) is 0 Å². The van der Waals surface area contributed by atoms with Crippen LogP contribution in [-0.2, 0) is 0 Å². The minimum Gasteiger partial charge on any atom is -0.491 e. The van der Waals surface area contributed by atoms with Crippen molar-refractivity contribution < 1.29 is 4.74 Å². The first-order chi connectivity index (χ1) is 8.56. The van der Waals surface area contributed by atoms with Crippen molar-refractivity contribution >= 4 is 0 Å². The third-order valence-electron chi connectivity index (χ3n) is 3.34. The van der Waals surface area contributed by atoms with Gasteiger partial charge in [-0.15, -0.1) is 0 Å². The average molecular weight is 248 g/mol. The molecule has 0 amide bonds. The highest BCUT2D eigenvalue weighted by molar-refractivity contribution is 5.37. The molecule has 1 atom stereocenters. The number of rotatable bonds is 3. The Morgan fingerprint density at radius 3 is 2.78 bits per heavy atom. The van der Waals surface area contributed by atoms with Gasteiger partial charge in [0.1, 0.15) is 5.75 Å². The van der Waals surface area contributed by atoms with Gasteiger partial charge in [-0.05, 0) is 45.0 Å². The van der Waals surface area contributed by atoms with Gasteiger partial charge < -0.3 is 15.0 Å². The molecule has 2 rings (SSSR count). The molecule has 100 valence electrons. The predicted octanol–water partition coefficient (Wildman–Crippen LogP) is 2.36. The molecule has 0 aromatic heterocycles. The van der Waals surface area contributed by atoms with Crippen LogP contribution in [0.15, 0.2) is 18.2 Å². The fourth-order valence-electron chi connectivity index (χ4n) is 2.40. The van der Waals surface area contributed by atoms with Crippen LogP contribution < -0.4 is 10.1 Å². The van der Waals surface area contributed by atoms with E-state index in [2.05, 4.69) is 56.2 Å². The third-order valence-corrected chi connectivity index (χ3v) is 3.34. The first-order valence-electron chi connectivity index (χ1n) is 6.75. The van der Waals surface area contributed by atoms with Gasteiger partial charge in [0.15, 0.2) is 0 Å². The Hall–Kier alpha value is -1.06. The molecule has 0 spiro atoms. The van der Waals surface area contributed by atoms with E-state index in [4.69, 9.17) is 4.74 Å². The second kappa shape index (κ2) is 5.72. The summed E-state index contributed by atoms with van der Waals surface area (Å²) in [4.78, 5) is 2.37. The molecule has 1 aromatic carbocycles. The summed E-state index contributed by atoms with van der Waals surface area (Å²) < 4.78 is 5.78. The molecule has 1 fully saturated rings. The zero-order valence-electron chi connectivity index (χ0n) is 11.9. The lowest BCUT2D eigenvalue weighted by molar-refractivity contribution is 0.237. The van der Waals surface area contributed by atoms with E-state index in [0.717, 1.165) is 25.4 Å². The summed E-state index contributed by atoms with van der Waals surface area (Å²) in [5, 5.41) is 3.57. The second-order valence-electron chi connectivity index (χ2n) is 5.46. The molecule has 0 saturated carbocycles. The van der Waals surface area contributed by atoms with Gasteiger partial charge in [0.2, 0.25) is 0 Å². The molecule has 0 radical (unpaired) electrons. The zero-order chi connectivity index (χ0) is 13.1. The van der Waals surface area contributed by atoms with Gasteiger partial charge in [-0.2, -0.15) is 0 Å². The standard InChI is InChI=1S/C15H24N2O/c1-11(2)18-15-6-5-13(9-12(15)3)14-10-17(4)8-7-16-14/h5-6,9,11,14,16H,7-8,10H2,1-4H3.